The van der Waals surface area contributed by atoms with Crippen LogP contribution in [-0.2, 0) is 0 Å². The number of carbonyl (C=O) groups is 2. The SMILES string of the molecule is O=C(Nc1ccccc1C(=O)N/N=C\c1c[nH]c2ccccc12)c1ccc([N+](=O)[O-])cc1. The second-order valence-corrected chi connectivity index (χ2v) is 6.79. The Morgan fingerprint density at radius 1 is 0.938 bits per heavy atom. The van der Waals surface area contributed by atoms with E-state index in [2.05, 4.69) is 20.8 Å². The van der Waals surface area contributed by atoms with Gasteiger partial charge in [-0.25, -0.2) is 5.43 Å². The molecule has 0 unspecified atom stereocenters. The van der Waals surface area contributed by atoms with Gasteiger partial charge in [0.1, 0.15) is 0 Å². The van der Waals surface area contributed by atoms with Gasteiger partial charge in [-0.15, -0.1) is 0 Å². The number of H-pyrrole nitrogens is 1. The van der Waals surface area contributed by atoms with E-state index in [0.29, 0.717) is 0 Å². The molecule has 1 aromatic heterocycles. The van der Waals surface area contributed by atoms with E-state index in [1.807, 2.05) is 24.3 Å². The zero-order chi connectivity index (χ0) is 22.5. The fourth-order valence-electron chi connectivity index (χ4n) is 3.14. The molecular formula is C23H17N5O4. The highest BCUT2D eigenvalue weighted by atomic mass is 16.6. The molecule has 32 heavy (non-hydrogen) atoms. The number of non-ortho nitro benzene ring substituents is 1. The van der Waals surface area contributed by atoms with Crippen LogP contribution in [0.2, 0.25) is 0 Å². The van der Waals surface area contributed by atoms with E-state index >= 15 is 0 Å². The maximum atomic E-state index is 12.6. The maximum Gasteiger partial charge on any atom is 0.273 e. The lowest BCUT2D eigenvalue weighted by atomic mass is 10.1. The van der Waals surface area contributed by atoms with Gasteiger partial charge in [0.25, 0.3) is 17.5 Å². The van der Waals surface area contributed by atoms with Gasteiger partial charge in [-0.3, -0.25) is 19.7 Å². The van der Waals surface area contributed by atoms with Crippen molar-refractivity contribution in [2.75, 3.05) is 5.32 Å². The second-order valence-electron chi connectivity index (χ2n) is 6.79. The third-order valence-corrected chi connectivity index (χ3v) is 4.75. The fourth-order valence-corrected chi connectivity index (χ4v) is 3.14. The summed E-state index contributed by atoms with van der Waals surface area (Å²) in [7, 11) is 0. The van der Waals surface area contributed by atoms with Gasteiger partial charge >= 0.3 is 0 Å². The molecule has 2 amide bonds. The molecule has 0 fully saturated rings. The number of aromatic amines is 1. The van der Waals surface area contributed by atoms with Crippen LogP contribution < -0.4 is 10.7 Å². The van der Waals surface area contributed by atoms with Crippen molar-refractivity contribution in [3.63, 3.8) is 0 Å². The Hall–Kier alpha value is -4.79. The van der Waals surface area contributed by atoms with Gasteiger partial charge in [0.15, 0.2) is 0 Å². The Kier molecular flexibility index (Phi) is 5.71. The number of hydrogen-bond donors (Lipinski definition) is 3. The Labute approximate surface area is 181 Å². The summed E-state index contributed by atoms with van der Waals surface area (Å²) in [6.45, 7) is 0. The van der Waals surface area contributed by atoms with Gasteiger partial charge in [-0.1, -0.05) is 30.3 Å². The normalized spacial score (nSPS) is 10.9. The van der Waals surface area contributed by atoms with Gasteiger partial charge < -0.3 is 10.3 Å². The Morgan fingerprint density at radius 3 is 2.44 bits per heavy atom. The first-order valence-electron chi connectivity index (χ1n) is 9.57. The van der Waals surface area contributed by atoms with Gasteiger partial charge in [0, 0.05) is 40.4 Å². The number of carbonyl (C=O) groups excluding carboxylic acids is 2. The van der Waals surface area contributed by atoms with Crippen molar-refractivity contribution in [2.24, 2.45) is 5.10 Å². The minimum atomic E-state index is -0.544. The Morgan fingerprint density at radius 2 is 1.66 bits per heavy atom. The van der Waals surface area contributed by atoms with Crippen molar-refractivity contribution in [1.29, 1.82) is 0 Å². The van der Waals surface area contributed by atoms with Gasteiger partial charge in [0.05, 0.1) is 22.4 Å². The van der Waals surface area contributed by atoms with E-state index in [9.17, 15) is 19.7 Å². The summed E-state index contributed by atoms with van der Waals surface area (Å²) in [5.74, 6) is -0.997. The van der Waals surface area contributed by atoms with Crippen LogP contribution in [0, 0.1) is 10.1 Å². The molecule has 4 aromatic rings. The molecule has 9 heteroatoms. The zero-order valence-electron chi connectivity index (χ0n) is 16.6. The molecule has 0 atom stereocenters. The zero-order valence-corrected chi connectivity index (χ0v) is 16.6. The summed E-state index contributed by atoms with van der Waals surface area (Å²) in [6.07, 6.45) is 3.33. The Balaban J connectivity index is 1.47. The van der Waals surface area contributed by atoms with Crippen molar-refractivity contribution >= 4 is 40.3 Å². The number of nitro groups is 1. The summed E-state index contributed by atoms with van der Waals surface area (Å²) in [5, 5.41) is 18.4. The summed E-state index contributed by atoms with van der Waals surface area (Å²) in [4.78, 5) is 38.5. The highest BCUT2D eigenvalue weighted by molar-refractivity contribution is 6.09. The number of nitrogens with zero attached hydrogens (tertiary/aromatic N) is 2. The van der Waals surface area contributed by atoms with E-state index in [1.54, 1.807) is 30.5 Å². The molecule has 158 valence electrons. The van der Waals surface area contributed by atoms with Gasteiger partial charge in [-0.2, -0.15) is 5.10 Å². The van der Waals surface area contributed by atoms with Crippen LogP contribution in [0.25, 0.3) is 10.9 Å². The number of fused-ring (bicyclic) bond motifs is 1. The largest absolute Gasteiger partial charge is 0.361 e. The third-order valence-electron chi connectivity index (χ3n) is 4.75. The van der Waals surface area contributed by atoms with Crippen molar-refractivity contribution in [1.82, 2.24) is 10.4 Å². The monoisotopic (exact) mass is 427 g/mol. The fraction of sp³-hybridized carbons (Fsp3) is 0. The van der Waals surface area contributed by atoms with Crippen LogP contribution in [0.15, 0.2) is 84.1 Å². The average molecular weight is 427 g/mol. The maximum absolute atomic E-state index is 12.6. The van der Waals surface area contributed by atoms with Crippen molar-refractivity contribution in [3.8, 4) is 0 Å². The van der Waals surface area contributed by atoms with E-state index in [4.69, 9.17) is 0 Å². The molecule has 0 saturated heterocycles. The quantitative estimate of drug-likeness (QED) is 0.243. The highest BCUT2D eigenvalue weighted by Gasteiger charge is 2.15. The molecule has 0 aliphatic rings. The molecule has 0 aliphatic heterocycles. The number of hydrogen-bond acceptors (Lipinski definition) is 5. The number of nitrogens with one attached hydrogen (secondary N) is 3. The summed E-state index contributed by atoms with van der Waals surface area (Å²) >= 11 is 0. The van der Waals surface area contributed by atoms with Crippen LogP contribution in [0.5, 0.6) is 0 Å². The number of amides is 2. The van der Waals surface area contributed by atoms with E-state index in [1.165, 1.54) is 30.5 Å². The molecule has 0 bridgehead atoms. The topological polar surface area (TPSA) is 129 Å². The minimum absolute atomic E-state index is 0.116. The second kappa shape index (κ2) is 8.92. The summed E-state index contributed by atoms with van der Waals surface area (Å²) in [6, 6.07) is 19.4. The number of rotatable bonds is 6. The van der Waals surface area contributed by atoms with Crippen LogP contribution in [0.1, 0.15) is 26.3 Å². The van der Waals surface area contributed by atoms with Crippen LogP contribution in [-0.4, -0.2) is 27.9 Å². The van der Waals surface area contributed by atoms with Gasteiger partial charge in [0.2, 0.25) is 0 Å². The van der Waals surface area contributed by atoms with Crippen molar-refractivity contribution < 1.29 is 14.5 Å². The molecule has 0 saturated carbocycles. The van der Waals surface area contributed by atoms with Crippen molar-refractivity contribution in [3.05, 3.63) is 106 Å². The van der Waals surface area contributed by atoms with Crippen LogP contribution >= 0.6 is 0 Å². The minimum Gasteiger partial charge on any atom is -0.361 e. The molecule has 0 aliphatic carbocycles. The van der Waals surface area contributed by atoms with E-state index < -0.39 is 16.7 Å². The van der Waals surface area contributed by atoms with E-state index in [-0.39, 0.29) is 22.5 Å². The molecule has 4 rings (SSSR count). The van der Waals surface area contributed by atoms with Crippen LogP contribution in [0.4, 0.5) is 11.4 Å². The number of nitro benzene ring substituents is 1. The van der Waals surface area contributed by atoms with Crippen molar-refractivity contribution in [2.45, 2.75) is 0 Å². The molecule has 1 heterocycles. The predicted octanol–water partition coefficient (Wildman–Crippen LogP) is 4.09. The standard InChI is InChI=1S/C23H17N5O4/c29-22(15-9-11-17(12-10-15)28(31)32)26-21-8-4-2-6-19(21)23(30)27-25-14-16-13-24-20-7-3-1-5-18(16)20/h1-14,24H,(H,26,29)(H,27,30)/b25-14-. The van der Waals surface area contributed by atoms with Crippen LogP contribution in [0.3, 0.4) is 0 Å². The number of benzene rings is 3. The molecule has 0 radical (unpaired) electrons. The highest BCUT2D eigenvalue weighted by Crippen LogP contribution is 2.18. The first-order chi connectivity index (χ1) is 15.5. The molecule has 3 aromatic carbocycles. The first-order valence-corrected chi connectivity index (χ1v) is 9.57. The lowest BCUT2D eigenvalue weighted by Crippen LogP contribution is -2.21. The number of aromatic nitrogens is 1. The average Bonchev–Trinajstić information content (AvgIpc) is 3.22. The summed E-state index contributed by atoms with van der Waals surface area (Å²) < 4.78 is 0. The first kappa shape index (κ1) is 20.5. The Bertz CT molecular complexity index is 1340. The number of anilines is 1. The predicted molar refractivity (Wildman–Crippen MR) is 121 cm³/mol. The third kappa shape index (κ3) is 4.36. The summed E-state index contributed by atoms with van der Waals surface area (Å²) in [5.41, 5.74) is 4.86. The molecule has 9 nitrogen and oxygen atoms in total. The lowest BCUT2D eigenvalue weighted by molar-refractivity contribution is -0.384. The smallest absolute Gasteiger partial charge is 0.273 e. The van der Waals surface area contributed by atoms with Gasteiger partial charge in [-0.05, 0) is 30.3 Å². The lowest BCUT2D eigenvalue weighted by Gasteiger charge is -2.10. The molecular weight excluding hydrogens is 410 g/mol. The molecule has 3 N–H and O–H groups in total. The number of hydrazone groups is 1. The van der Waals surface area contributed by atoms with E-state index in [0.717, 1.165) is 16.5 Å². The molecule has 0 spiro atoms. The number of para-hydroxylation sites is 2.